The van der Waals surface area contributed by atoms with E-state index in [2.05, 4.69) is 6.92 Å². The van der Waals surface area contributed by atoms with Crippen LogP contribution in [0.5, 0.6) is 0 Å². The fourth-order valence-corrected chi connectivity index (χ4v) is 2.53. The van der Waals surface area contributed by atoms with Crippen LogP contribution in [-0.2, 0) is 4.79 Å². The Bertz CT molecular complexity index is 270. The third kappa shape index (κ3) is 5.34. The van der Waals surface area contributed by atoms with Crippen LogP contribution in [0.15, 0.2) is 12.2 Å². The number of carbonyl (C=O) groups excluding carboxylic acids is 1. The summed E-state index contributed by atoms with van der Waals surface area (Å²) in [6, 6.07) is 0. The molecule has 1 atom stereocenters. The van der Waals surface area contributed by atoms with E-state index < -0.39 is 5.60 Å². The van der Waals surface area contributed by atoms with Crippen molar-refractivity contribution >= 4 is 5.78 Å². The molecule has 1 aliphatic rings. The summed E-state index contributed by atoms with van der Waals surface area (Å²) in [4.78, 5) is 12.1. The minimum atomic E-state index is -1.15. The van der Waals surface area contributed by atoms with Gasteiger partial charge in [0.2, 0.25) is 0 Å². The van der Waals surface area contributed by atoms with Gasteiger partial charge >= 0.3 is 0 Å². The summed E-state index contributed by atoms with van der Waals surface area (Å²) in [5.41, 5.74) is -1.15. The van der Waals surface area contributed by atoms with Crippen molar-refractivity contribution in [3.63, 3.8) is 0 Å². The van der Waals surface area contributed by atoms with E-state index in [9.17, 15) is 9.90 Å². The standard InChI is InChI=1S/C16H28O2/c1-2-3-4-5-6-9-12-15(17)16(18)13-10-7-8-11-14-16/h10,13,18H,2-9,11-12,14H2,1H3. The Balaban J connectivity index is 2.22. The molecule has 0 spiro atoms. The Morgan fingerprint density at radius 2 is 1.89 bits per heavy atom. The number of carbonyl (C=O) groups is 1. The van der Waals surface area contributed by atoms with E-state index in [1.54, 1.807) is 6.08 Å². The molecule has 0 bridgehead atoms. The zero-order chi connectivity index (χ0) is 13.3. The lowest BCUT2D eigenvalue weighted by atomic mass is 9.90. The predicted molar refractivity (Wildman–Crippen MR) is 75.6 cm³/mol. The monoisotopic (exact) mass is 252 g/mol. The minimum absolute atomic E-state index is 0.0242. The highest BCUT2D eigenvalue weighted by atomic mass is 16.3. The third-order valence-corrected chi connectivity index (χ3v) is 3.81. The van der Waals surface area contributed by atoms with E-state index >= 15 is 0 Å². The SMILES string of the molecule is CCCCCCCCC(=O)C1(O)C=CCCCC1. The smallest absolute Gasteiger partial charge is 0.168 e. The van der Waals surface area contributed by atoms with Crippen LogP contribution in [0.1, 0.15) is 77.6 Å². The van der Waals surface area contributed by atoms with E-state index in [-0.39, 0.29) is 5.78 Å². The topological polar surface area (TPSA) is 37.3 Å². The highest BCUT2D eigenvalue weighted by Crippen LogP contribution is 2.24. The number of aliphatic hydroxyl groups is 1. The van der Waals surface area contributed by atoms with Crippen LogP contribution in [0.25, 0.3) is 0 Å². The van der Waals surface area contributed by atoms with Crippen LogP contribution in [0.4, 0.5) is 0 Å². The zero-order valence-electron chi connectivity index (χ0n) is 11.8. The van der Waals surface area contributed by atoms with E-state index in [1.165, 1.54) is 25.7 Å². The summed E-state index contributed by atoms with van der Waals surface area (Å²) in [5, 5.41) is 10.3. The van der Waals surface area contributed by atoms with Crippen LogP contribution in [-0.4, -0.2) is 16.5 Å². The highest BCUT2D eigenvalue weighted by molar-refractivity contribution is 5.89. The second-order valence-electron chi connectivity index (χ2n) is 5.51. The normalized spacial score (nSPS) is 23.9. The summed E-state index contributed by atoms with van der Waals surface area (Å²) < 4.78 is 0. The van der Waals surface area contributed by atoms with Crippen molar-refractivity contribution < 1.29 is 9.90 Å². The number of unbranched alkanes of at least 4 members (excludes halogenated alkanes) is 5. The number of hydrogen-bond acceptors (Lipinski definition) is 2. The van der Waals surface area contributed by atoms with Crippen LogP contribution >= 0.6 is 0 Å². The molecule has 18 heavy (non-hydrogen) atoms. The lowest BCUT2D eigenvalue weighted by molar-refractivity contribution is -0.133. The van der Waals surface area contributed by atoms with Gasteiger partial charge in [-0.1, -0.05) is 45.1 Å². The van der Waals surface area contributed by atoms with Gasteiger partial charge in [0.15, 0.2) is 5.78 Å². The number of Topliss-reactive ketones (excluding diaryl/α,β-unsaturated/α-hetero) is 1. The fraction of sp³-hybridized carbons (Fsp3) is 0.812. The fourth-order valence-electron chi connectivity index (χ4n) is 2.53. The van der Waals surface area contributed by atoms with Gasteiger partial charge in [-0.25, -0.2) is 0 Å². The van der Waals surface area contributed by atoms with Gasteiger partial charge in [-0.3, -0.25) is 4.79 Å². The number of rotatable bonds is 8. The van der Waals surface area contributed by atoms with Crippen LogP contribution < -0.4 is 0 Å². The molecule has 1 N–H and O–H groups in total. The van der Waals surface area contributed by atoms with Crippen LogP contribution in [0, 0.1) is 0 Å². The number of allylic oxidation sites excluding steroid dienone is 1. The largest absolute Gasteiger partial charge is 0.378 e. The van der Waals surface area contributed by atoms with Gasteiger partial charge in [0, 0.05) is 6.42 Å². The average Bonchev–Trinajstić information content (AvgIpc) is 2.59. The summed E-state index contributed by atoms with van der Waals surface area (Å²) in [6.07, 6.45) is 15.0. The summed E-state index contributed by atoms with van der Waals surface area (Å²) in [6.45, 7) is 2.21. The van der Waals surface area contributed by atoms with Crippen molar-refractivity contribution in [2.75, 3.05) is 0 Å². The number of ketones is 1. The molecular weight excluding hydrogens is 224 g/mol. The van der Waals surface area contributed by atoms with Crippen molar-refractivity contribution in [1.82, 2.24) is 0 Å². The molecule has 2 nitrogen and oxygen atoms in total. The molecule has 0 aromatic rings. The molecule has 1 unspecified atom stereocenters. The van der Waals surface area contributed by atoms with E-state index in [4.69, 9.17) is 0 Å². The highest BCUT2D eigenvalue weighted by Gasteiger charge is 2.32. The van der Waals surface area contributed by atoms with Gasteiger partial charge in [-0.05, 0) is 38.2 Å². The van der Waals surface area contributed by atoms with Crippen LogP contribution in [0.3, 0.4) is 0 Å². The van der Waals surface area contributed by atoms with Crippen LogP contribution in [0.2, 0.25) is 0 Å². The molecule has 0 saturated carbocycles. The van der Waals surface area contributed by atoms with Gasteiger partial charge in [0.05, 0.1) is 0 Å². The van der Waals surface area contributed by atoms with Crippen molar-refractivity contribution in [2.24, 2.45) is 0 Å². The molecule has 1 aliphatic carbocycles. The second kappa shape index (κ2) is 8.47. The molecular formula is C16H28O2. The lowest BCUT2D eigenvalue weighted by Gasteiger charge is -2.21. The molecule has 0 radical (unpaired) electrons. The molecule has 1 rings (SSSR count). The maximum atomic E-state index is 12.1. The first-order chi connectivity index (χ1) is 8.69. The zero-order valence-corrected chi connectivity index (χ0v) is 11.8. The molecule has 0 aromatic carbocycles. The molecule has 0 aliphatic heterocycles. The maximum Gasteiger partial charge on any atom is 0.168 e. The molecule has 104 valence electrons. The molecule has 0 fully saturated rings. The first kappa shape index (κ1) is 15.4. The van der Waals surface area contributed by atoms with Gasteiger partial charge in [-0.2, -0.15) is 0 Å². The Morgan fingerprint density at radius 3 is 2.67 bits per heavy atom. The Kier molecular flexibility index (Phi) is 7.26. The molecule has 2 heteroatoms. The Morgan fingerprint density at radius 1 is 1.17 bits per heavy atom. The van der Waals surface area contributed by atoms with Gasteiger partial charge < -0.3 is 5.11 Å². The van der Waals surface area contributed by atoms with Crippen molar-refractivity contribution in [3.8, 4) is 0 Å². The first-order valence-corrected chi connectivity index (χ1v) is 7.62. The lowest BCUT2D eigenvalue weighted by Crippen LogP contribution is -2.35. The Labute approximate surface area is 111 Å². The first-order valence-electron chi connectivity index (χ1n) is 7.62. The molecule has 0 amide bonds. The predicted octanol–water partition coefficient (Wildman–Crippen LogP) is 4.17. The Hall–Kier alpha value is -0.630. The van der Waals surface area contributed by atoms with Gasteiger partial charge in [0.25, 0.3) is 0 Å². The van der Waals surface area contributed by atoms with E-state index in [0.717, 1.165) is 32.1 Å². The molecule has 0 heterocycles. The summed E-state index contributed by atoms with van der Waals surface area (Å²) in [7, 11) is 0. The quantitative estimate of drug-likeness (QED) is 0.520. The van der Waals surface area contributed by atoms with Crippen molar-refractivity contribution in [1.29, 1.82) is 0 Å². The average molecular weight is 252 g/mol. The maximum absolute atomic E-state index is 12.1. The van der Waals surface area contributed by atoms with E-state index in [1.807, 2.05) is 6.08 Å². The summed E-state index contributed by atoms with van der Waals surface area (Å²) >= 11 is 0. The van der Waals surface area contributed by atoms with Gasteiger partial charge in [-0.15, -0.1) is 0 Å². The molecule has 0 saturated heterocycles. The second-order valence-corrected chi connectivity index (χ2v) is 5.51. The summed E-state index contributed by atoms with van der Waals surface area (Å²) in [5.74, 6) is 0.0242. The van der Waals surface area contributed by atoms with Crippen molar-refractivity contribution in [3.05, 3.63) is 12.2 Å². The van der Waals surface area contributed by atoms with Gasteiger partial charge in [0.1, 0.15) is 5.60 Å². The number of hydrogen-bond donors (Lipinski definition) is 1. The third-order valence-electron chi connectivity index (χ3n) is 3.81. The molecule has 0 aromatic heterocycles. The minimum Gasteiger partial charge on any atom is -0.378 e. The van der Waals surface area contributed by atoms with E-state index in [0.29, 0.717) is 12.8 Å². The van der Waals surface area contributed by atoms with Crippen molar-refractivity contribution in [2.45, 2.75) is 83.2 Å².